The molecule has 0 fully saturated rings. The molecule has 0 radical (unpaired) electrons. The Balaban J connectivity index is 1.84. The quantitative estimate of drug-likeness (QED) is 0.321. The van der Waals surface area contributed by atoms with Crippen LogP contribution >= 0.6 is 23.6 Å². The highest BCUT2D eigenvalue weighted by Crippen LogP contribution is 2.38. The predicted octanol–water partition coefficient (Wildman–Crippen LogP) is 5.91. The van der Waals surface area contributed by atoms with Crippen LogP contribution in [0.15, 0.2) is 18.2 Å². The number of aryl methyl sites for hydroxylation is 2. The monoisotopic (exact) mass is 454 g/mol. The number of carbonyl (C=O) groups excluding carboxylic acids is 1. The van der Waals surface area contributed by atoms with E-state index in [9.17, 15) is 13.6 Å². The Labute approximate surface area is 183 Å². The maximum Gasteiger partial charge on any atom is 0.387 e. The van der Waals surface area contributed by atoms with E-state index in [2.05, 4.69) is 15.4 Å². The van der Waals surface area contributed by atoms with Gasteiger partial charge in [-0.25, -0.2) is 4.79 Å². The number of hydrogen-bond acceptors (Lipinski definition) is 5. The minimum atomic E-state index is -2.95. The van der Waals surface area contributed by atoms with Crippen LogP contribution < -0.4 is 15.4 Å². The van der Waals surface area contributed by atoms with Gasteiger partial charge in [-0.15, -0.1) is 11.3 Å². The van der Waals surface area contributed by atoms with Crippen LogP contribution in [0.25, 0.3) is 0 Å². The van der Waals surface area contributed by atoms with E-state index in [0.29, 0.717) is 16.3 Å². The topological polar surface area (TPSA) is 59.6 Å². The lowest BCUT2D eigenvalue weighted by Gasteiger charge is -2.15. The highest BCUT2D eigenvalue weighted by atomic mass is 32.1. The first-order chi connectivity index (χ1) is 14.4. The lowest BCUT2D eigenvalue weighted by molar-refractivity contribution is -0.0493. The van der Waals surface area contributed by atoms with E-state index in [4.69, 9.17) is 17.0 Å². The molecule has 1 aromatic heterocycles. The normalized spacial score (nSPS) is 13.4. The fourth-order valence-electron chi connectivity index (χ4n) is 3.43. The van der Waals surface area contributed by atoms with Gasteiger partial charge in [0.05, 0.1) is 17.9 Å². The van der Waals surface area contributed by atoms with E-state index < -0.39 is 6.61 Å². The van der Waals surface area contributed by atoms with Crippen molar-refractivity contribution in [2.45, 2.75) is 52.6 Å². The standard InChI is InChI=1S/C21H24F2N2O3S2/c1-3-27-19(26)17-13-7-5-4-6-8-16(13)30-18(17)25-21(29)24-14-10-9-12(2)11-15(14)28-20(22)23/h9-11,20H,3-8H2,1-2H3,(H2,24,25,29). The maximum atomic E-state index is 12.7. The lowest BCUT2D eigenvalue weighted by Crippen LogP contribution is -2.21. The van der Waals surface area contributed by atoms with Crippen molar-refractivity contribution in [2.75, 3.05) is 17.2 Å². The van der Waals surface area contributed by atoms with Crippen LogP contribution in [0.5, 0.6) is 5.75 Å². The number of ether oxygens (including phenoxy) is 2. The first-order valence-electron chi connectivity index (χ1n) is 9.84. The Morgan fingerprint density at radius 3 is 2.73 bits per heavy atom. The van der Waals surface area contributed by atoms with Crippen LogP contribution in [0.3, 0.4) is 0 Å². The van der Waals surface area contributed by atoms with Crippen LogP contribution in [0.1, 0.15) is 52.5 Å². The van der Waals surface area contributed by atoms with Crippen molar-refractivity contribution in [3.8, 4) is 5.75 Å². The van der Waals surface area contributed by atoms with Gasteiger partial charge < -0.3 is 20.1 Å². The third kappa shape index (κ3) is 5.46. The smallest absolute Gasteiger partial charge is 0.387 e. The summed E-state index contributed by atoms with van der Waals surface area (Å²) >= 11 is 6.89. The molecular weight excluding hydrogens is 430 g/mol. The molecule has 0 spiro atoms. The molecule has 0 atom stereocenters. The fourth-order valence-corrected chi connectivity index (χ4v) is 4.99. The Hall–Kier alpha value is -2.26. The molecule has 0 saturated carbocycles. The van der Waals surface area contributed by atoms with Gasteiger partial charge in [0.25, 0.3) is 0 Å². The van der Waals surface area contributed by atoms with Gasteiger partial charge in [0.1, 0.15) is 10.8 Å². The Morgan fingerprint density at radius 1 is 1.23 bits per heavy atom. The van der Waals surface area contributed by atoms with Gasteiger partial charge in [0, 0.05) is 4.88 Å². The molecule has 3 rings (SSSR count). The van der Waals surface area contributed by atoms with Gasteiger partial charge in [0.2, 0.25) is 0 Å². The number of thiocarbonyl (C=S) groups is 1. The fraction of sp³-hybridized carbons (Fsp3) is 0.429. The molecule has 0 bridgehead atoms. The number of benzene rings is 1. The SMILES string of the molecule is CCOC(=O)c1c(NC(=S)Nc2ccc(C)cc2OC(F)F)sc2c1CCCCC2. The van der Waals surface area contributed by atoms with Crippen LogP contribution in [0.4, 0.5) is 19.5 Å². The molecule has 2 N–H and O–H groups in total. The van der Waals surface area contributed by atoms with Crippen molar-refractivity contribution in [3.63, 3.8) is 0 Å². The third-order valence-corrected chi connectivity index (χ3v) is 6.14. The van der Waals surface area contributed by atoms with Gasteiger partial charge in [-0.05, 0) is 75.0 Å². The number of carbonyl (C=O) groups is 1. The summed E-state index contributed by atoms with van der Waals surface area (Å²) in [5.74, 6) is -0.374. The van der Waals surface area contributed by atoms with Crippen LogP contribution in [0, 0.1) is 6.92 Å². The summed E-state index contributed by atoms with van der Waals surface area (Å²) in [5.41, 5.74) is 2.64. The highest BCUT2D eigenvalue weighted by molar-refractivity contribution is 7.80. The predicted molar refractivity (Wildman–Crippen MR) is 119 cm³/mol. The van der Waals surface area contributed by atoms with Gasteiger partial charge in [-0.2, -0.15) is 8.78 Å². The summed E-state index contributed by atoms with van der Waals surface area (Å²) in [5, 5.41) is 6.76. The Kier molecular flexibility index (Phi) is 7.60. The molecule has 1 heterocycles. The zero-order valence-corrected chi connectivity index (χ0v) is 18.5. The molecule has 1 aliphatic rings. The number of esters is 1. The first kappa shape index (κ1) is 22.4. The molecular formula is C21H24F2N2O3S2. The van der Waals surface area contributed by atoms with Gasteiger partial charge in [-0.1, -0.05) is 12.5 Å². The van der Waals surface area contributed by atoms with E-state index in [1.165, 1.54) is 17.4 Å². The number of thiophene rings is 1. The molecule has 30 heavy (non-hydrogen) atoms. The first-order valence-corrected chi connectivity index (χ1v) is 11.1. The Bertz CT molecular complexity index is 931. The molecule has 0 saturated heterocycles. The van der Waals surface area contributed by atoms with Gasteiger partial charge in [0.15, 0.2) is 5.11 Å². The average molecular weight is 455 g/mol. The molecule has 162 valence electrons. The van der Waals surface area contributed by atoms with Crippen molar-refractivity contribution in [3.05, 3.63) is 39.8 Å². The van der Waals surface area contributed by atoms with Crippen LogP contribution in [0.2, 0.25) is 0 Å². The molecule has 1 aromatic carbocycles. The number of hydrogen-bond donors (Lipinski definition) is 2. The molecule has 5 nitrogen and oxygen atoms in total. The molecule has 1 aliphatic carbocycles. The molecule has 0 unspecified atom stereocenters. The zero-order chi connectivity index (χ0) is 21.7. The van der Waals surface area contributed by atoms with Gasteiger partial charge >= 0.3 is 12.6 Å². The number of nitrogens with one attached hydrogen (secondary N) is 2. The second kappa shape index (κ2) is 10.2. The van der Waals surface area contributed by atoms with Gasteiger partial charge in [-0.3, -0.25) is 0 Å². The van der Waals surface area contributed by atoms with Crippen molar-refractivity contribution in [1.82, 2.24) is 0 Å². The number of rotatable bonds is 6. The highest BCUT2D eigenvalue weighted by Gasteiger charge is 2.26. The summed E-state index contributed by atoms with van der Waals surface area (Å²) in [6.45, 7) is 0.883. The van der Waals surface area contributed by atoms with E-state index in [1.54, 1.807) is 26.0 Å². The second-order valence-corrected chi connectivity index (χ2v) is 8.46. The minimum absolute atomic E-state index is 0.00160. The second-order valence-electron chi connectivity index (χ2n) is 6.95. The van der Waals surface area contributed by atoms with Crippen LogP contribution in [-0.4, -0.2) is 24.3 Å². The zero-order valence-electron chi connectivity index (χ0n) is 16.8. The van der Waals surface area contributed by atoms with E-state index in [-0.39, 0.29) is 23.4 Å². The third-order valence-electron chi connectivity index (χ3n) is 4.73. The van der Waals surface area contributed by atoms with Crippen LogP contribution in [-0.2, 0) is 17.6 Å². The largest absolute Gasteiger partial charge is 0.462 e. The van der Waals surface area contributed by atoms with E-state index in [0.717, 1.165) is 48.1 Å². The van der Waals surface area contributed by atoms with Crippen molar-refractivity contribution < 1.29 is 23.0 Å². The molecule has 0 aliphatic heterocycles. The number of alkyl halides is 2. The summed E-state index contributed by atoms with van der Waals surface area (Å²) in [4.78, 5) is 13.8. The summed E-state index contributed by atoms with van der Waals surface area (Å²) in [6, 6.07) is 4.89. The number of anilines is 2. The number of fused-ring (bicyclic) bond motifs is 1. The molecule has 9 heteroatoms. The van der Waals surface area contributed by atoms with Crippen molar-refractivity contribution in [1.29, 1.82) is 0 Å². The molecule has 2 aromatic rings. The van der Waals surface area contributed by atoms with E-state index in [1.807, 2.05) is 0 Å². The van der Waals surface area contributed by atoms with Crippen molar-refractivity contribution in [2.24, 2.45) is 0 Å². The lowest BCUT2D eigenvalue weighted by atomic mass is 10.1. The summed E-state index contributed by atoms with van der Waals surface area (Å²) < 4.78 is 35.4. The minimum Gasteiger partial charge on any atom is -0.462 e. The summed E-state index contributed by atoms with van der Waals surface area (Å²) in [6.07, 6.45) is 4.98. The maximum absolute atomic E-state index is 12.7. The number of halogens is 2. The van der Waals surface area contributed by atoms with E-state index >= 15 is 0 Å². The average Bonchev–Trinajstić information content (AvgIpc) is 2.84. The summed E-state index contributed by atoms with van der Waals surface area (Å²) in [7, 11) is 0. The van der Waals surface area contributed by atoms with Crippen molar-refractivity contribution >= 4 is 45.3 Å². The Morgan fingerprint density at radius 2 is 2.00 bits per heavy atom. The molecule has 0 amide bonds.